The molecule has 1 unspecified atom stereocenters. The number of hydrogen-bond donors (Lipinski definition) is 2. The van der Waals surface area contributed by atoms with Crippen LogP contribution in [0, 0.1) is 0 Å². The van der Waals surface area contributed by atoms with Crippen LogP contribution in [-0.2, 0) is 9.53 Å². The van der Waals surface area contributed by atoms with Crippen LogP contribution in [0.3, 0.4) is 0 Å². The molecule has 0 aromatic heterocycles. The fraction of sp³-hybridized carbons (Fsp3) is 0.364. The van der Waals surface area contributed by atoms with E-state index in [1.54, 1.807) is 0 Å². The van der Waals surface area contributed by atoms with E-state index in [0.29, 0.717) is 6.54 Å². The van der Waals surface area contributed by atoms with Crippen LogP contribution in [0.5, 0.6) is 0 Å². The highest BCUT2D eigenvalue weighted by Gasteiger charge is 2.20. The Hall–Kier alpha value is -0.910. The first-order chi connectivity index (χ1) is 7.69. The summed E-state index contributed by atoms with van der Waals surface area (Å²) in [5, 5.41) is 11.7. The summed E-state index contributed by atoms with van der Waals surface area (Å²) in [7, 11) is 1.34. The molecule has 0 spiro atoms. The van der Waals surface area contributed by atoms with E-state index in [2.05, 4.69) is 21.2 Å². The molecule has 1 aromatic carbocycles. The third kappa shape index (κ3) is 3.59. The third-order valence-electron chi connectivity index (χ3n) is 2.10. The van der Waals surface area contributed by atoms with Gasteiger partial charge in [-0.25, -0.2) is 4.79 Å². The number of hydrogen-bond acceptors (Lipinski definition) is 4. The van der Waals surface area contributed by atoms with E-state index in [-0.39, 0.29) is 12.6 Å². The van der Waals surface area contributed by atoms with E-state index in [4.69, 9.17) is 9.84 Å². The van der Waals surface area contributed by atoms with Crippen molar-refractivity contribution in [1.29, 1.82) is 0 Å². The van der Waals surface area contributed by atoms with Gasteiger partial charge in [0.05, 0.1) is 13.7 Å². The van der Waals surface area contributed by atoms with Gasteiger partial charge in [-0.2, -0.15) is 0 Å². The van der Waals surface area contributed by atoms with E-state index in [1.165, 1.54) is 7.11 Å². The summed E-state index contributed by atoms with van der Waals surface area (Å²) in [4.78, 5) is 11.5. The molecule has 88 valence electrons. The maximum Gasteiger partial charge on any atom is 0.327 e. The average Bonchev–Trinajstić information content (AvgIpc) is 2.31. The molecule has 0 heterocycles. The number of rotatable bonds is 5. The van der Waals surface area contributed by atoms with Gasteiger partial charge in [-0.3, -0.25) is 5.32 Å². The SMILES string of the molecule is COC(=O)C(NCCO)c1ccc(Br)cc1. The van der Waals surface area contributed by atoms with Gasteiger partial charge in [-0.1, -0.05) is 28.1 Å². The van der Waals surface area contributed by atoms with E-state index >= 15 is 0 Å². The van der Waals surface area contributed by atoms with Gasteiger partial charge in [0, 0.05) is 11.0 Å². The van der Waals surface area contributed by atoms with Crippen LogP contribution in [0.1, 0.15) is 11.6 Å². The predicted molar refractivity (Wildman–Crippen MR) is 64.0 cm³/mol. The minimum atomic E-state index is -0.537. The first kappa shape index (κ1) is 13.2. The summed E-state index contributed by atoms with van der Waals surface area (Å²) in [5.74, 6) is -0.365. The second-order valence-corrected chi connectivity index (χ2v) is 4.10. The van der Waals surface area contributed by atoms with E-state index in [9.17, 15) is 4.79 Å². The summed E-state index contributed by atoms with van der Waals surface area (Å²) in [6.07, 6.45) is 0. The van der Waals surface area contributed by atoms with Crippen molar-refractivity contribution in [2.24, 2.45) is 0 Å². The van der Waals surface area contributed by atoms with Crippen molar-refractivity contribution in [1.82, 2.24) is 5.32 Å². The van der Waals surface area contributed by atoms with Crippen LogP contribution in [-0.4, -0.2) is 31.3 Å². The Morgan fingerprint density at radius 1 is 1.50 bits per heavy atom. The number of methoxy groups -OCH3 is 1. The fourth-order valence-corrected chi connectivity index (χ4v) is 1.58. The molecule has 1 aromatic rings. The molecular weight excluding hydrogens is 274 g/mol. The highest BCUT2D eigenvalue weighted by atomic mass is 79.9. The molecule has 1 atom stereocenters. The van der Waals surface area contributed by atoms with Crippen molar-refractivity contribution in [3.8, 4) is 0 Å². The number of carbonyl (C=O) groups excluding carboxylic acids is 1. The lowest BCUT2D eigenvalue weighted by Gasteiger charge is -2.16. The van der Waals surface area contributed by atoms with Crippen LogP contribution in [0.15, 0.2) is 28.7 Å². The second-order valence-electron chi connectivity index (χ2n) is 3.19. The molecule has 0 fully saturated rings. The number of halogens is 1. The highest BCUT2D eigenvalue weighted by Crippen LogP contribution is 2.17. The second kappa shape index (κ2) is 6.62. The smallest absolute Gasteiger partial charge is 0.327 e. The summed E-state index contributed by atoms with van der Waals surface area (Å²) >= 11 is 3.32. The fourth-order valence-electron chi connectivity index (χ4n) is 1.32. The number of ether oxygens (including phenoxy) is 1. The van der Waals surface area contributed by atoms with Crippen LogP contribution in [0.2, 0.25) is 0 Å². The Labute approximate surface area is 103 Å². The van der Waals surface area contributed by atoms with Gasteiger partial charge in [0.1, 0.15) is 6.04 Å². The molecule has 5 heteroatoms. The maximum absolute atomic E-state index is 11.5. The number of esters is 1. The molecule has 4 nitrogen and oxygen atoms in total. The maximum atomic E-state index is 11.5. The van der Waals surface area contributed by atoms with Crippen molar-refractivity contribution in [3.05, 3.63) is 34.3 Å². The molecule has 0 aliphatic heterocycles. The zero-order chi connectivity index (χ0) is 12.0. The molecule has 0 aliphatic rings. The topological polar surface area (TPSA) is 58.6 Å². The lowest BCUT2D eigenvalue weighted by Crippen LogP contribution is -2.31. The van der Waals surface area contributed by atoms with E-state index in [1.807, 2.05) is 24.3 Å². The van der Waals surface area contributed by atoms with Gasteiger partial charge in [0.2, 0.25) is 0 Å². The Kier molecular flexibility index (Phi) is 5.45. The Morgan fingerprint density at radius 3 is 2.62 bits per heavy atom. The summed E-state index contributed by atoms with van der Waals surface area (Å²) < 4.78 is 5.65. The van der Waals surface area contributed by atoms with Crippen LogP contribution >= 0.6 is 15.9 Å². The first-order valence-corrected chi connectivity index (χ1v) is 5.66. The monoisotopic (exact) mass is 287 g/mol. The number of benzene rings is 1. The van der Waals surface area contributed by atoms with Crippen molar-refractivity contribution in [2.75, 3.05) is 20.3 Å². The highest BCUT2D eigenvalue weighted by molar-refractivity contribution is 9.10. The molecule has 0 saturated carbocycles. The largest absolute Gasteiger partial charge is 0.468 e. The average molecular weight is 288 g/mol. The summed E-state index contributed by atoms with van der Waals surface area (Å²) in [6, 6.07) is 6.83. The Morgan fingerprint density at radius 2 is 2.12 bits per heavy atom. The zero-order valence-corrected chi connectivity index (χ0v) is 10.5. The number of carbonyl (C=O) groups is 1. The molecule has 0 saturated heterocycles. The number of aliphatic hydroxyl groups excluding tert-OH is 1. The quantitative estimate of drug-likeness (QED) is 0.801. The minimum absolute atomic E-state index is 0.0238. The van der Waals surface area contributed by atoms with E-state index in [0.717, 1.165) is 10.0 Å². The molecule has 1 rings (SSSR count). The number of nitrogens with one attached hydrogen (secondary N) is 1. The first-order valence-electron chi connectivity index (χ1n) is 4.86. The van der Waals surface area contributed by atoms with Gasteiger partial charge in [-0.15, -0.1) is 0 Å². The Balaban J connectivity index is 2.82. The van der Waals surface area contributed by atoms with Crippen LogP contribution in [0.4, 0.5) is 0 Å². The van der Waals surface area contributed by atoms with Gasteiger partial charge in [-0.05, 0) is 17.7 Å². The lowest BCUT2D eigenvalue weighted by atomic mass is 10.1. The van der Waals surface area contributed by atoms with Crippen molar-refractivity contribution < 1.29 is 14.6 Å². The molecule has 0 aliphatic carbocycles. The lowest BCUT2D eigenvalue weighted by molar-refractivity contribution is -0.143. The van der Waals surface area contributed by atoms with Gasteiger partial charge in [0.25, 0.3) is 0 Å². The molecule has 2 N–H and O–H groups in total. The summed E-state index contributed by atoms with van der Waals surface area (Å²) in [6.45, 7) is 0.319. The normalized spacial score (nSPS) is 12.2. The predicted octanol–water partition coefficient (Wildman–Crippen LogP) is 1.25. The molecule has 16 heavy (non-hydrogen) atoms. The van der Waals surface area contributed by atoms with Crippen LogP contribution < -0.4 is 5.32 Å². The van der Waals surface area contributed by atoms with Crippen molar-refractivity contribution in [2.45, 2.75) is 6.04 Å². The Bertz CT molecular complexity index is 340. The van der Waals surface area contributed by atoms with Gasteiger partial charge in [0.15, 0.2) is 0 Å². The van der Waals surface area contributed by atoms with Gasteiger partial charge >= 0.3 is 5.97 Å². The summed E-state index contributed by atoms with van der Waals surface area (Å²) in [5.41, 5.74) is 0.809. The third-order valence-corrected chi connectivity index (χ3v) is 2.63. The van der Waals surface area contributed by atoms with E-state index < -0.39 is 6.04 Å². The number of aliphatic hydroxyl groups is 1. The van der Waals surface area contributed by atoms with Crippen LogP contribution in [0.25, 0.3) is 0 Å². The van der Waals surface area contributed by atoms with Crippen molar-refractivity contribution in [3.63, 3.8) is 0 Å². The van der Waals surface area contributed by atoms with Crippen molar-refractivity contribution >= 4 is 21.9 Å². The molecule has 0 bridgehead atoms. The molecule has 0 radical (unpaired) electrons. The standard InChI is InChI=1S/C11H14BrNO3/c1-16-11(15)10(13-6-7-14)8-2-4-9(12)5-3-8/h2-5,10,13-14H,6-7H2,1H3. The zero-order valence-electron chi connectivity index (χ0n) is 8.94. The molecular formula is C11H14BrNO3. The van der Waals surface area contributed by atoms with Gasteiger partial charge < -0.3 is 9.84 Å². The molecule has 0 amide bonds. The minimum Gasteiger partial charge on any atom is -0.468 e.